The lowest BCUT2D eigenvalue weighted by Gasteiger charge is -2.42. The highest BCUT2D eigenvalue weighted by Gasteiger charge is 2.32. The fraction of sp³-hybridized carbons (Fsp3) is 0.400. The first-order valence-corrected chi connectivity index (χ1v) is 7.00. The SMILES string of the molecule is CN1C2C=C(c3cnc4c(C#N)cnn4c3)CC1COC2. The molecule has 1 fully saturated rings. The minimum absolute atomic E-state index is 0.329. The summed E-state index contributed by atoms with van der Waals surface area (Å²) in [5.41, 5.74) is 3.47. The van der Waals surface area contributed by atoms with Gasteiger partial charge in [0.2, 0.25) is 0 Å². The van der Waals surface area contributed by atoms with Crippen LogP contribution in [0.3, 0.4) is 0 Å². The van der Waals surface area contributed by atoms with Crippen molar-refractivity contribution in [2.45, 2.75) is 18.5 Å². The second kappa shape index (κ2) is 4.65. The lowest BCUT2D eigenvalue weighted by molar-refractivity contribution is -0.0221. The number of hydrogen-bond donors (Lipinski definition) is 0. The number of morpholine rings is 1. The maximum absolute atomic E-state index is 9.01. The fourth-order valence-electron chi connectivity index (χ4n) is 3.09. The Labute approximate surface area is 122 Å². The third-order valence-corrected chi connectivity index (χ3v) is 4.39. The summed E-state index contributed by atoms with van der Waals surface area (Å²) in [5, 5.41) is 13.2. The van der Waals surface area contributed by atoms with E-state index in [4.69, 9.17) is 10.00 Å². The number of nitriles is 1. The highest BCUT2D eigenvalue weighted by molar-refractivity contribution is 5.68. The van der Waals surface area contributed by atoms with E-state index >= 15 is 0 Å². The van der Waals surface area contributed by atoms with Crippen LogP contribution in [0.25, 0.3) is 11.2 Å². The maximum Gasteiger partial charge on any atom is 0.172 e. The molecule has 2 atom stereocenters. The molecule has 2 aromatic rings. The largest absolute Gasteiger partial charge is 0.378 e. The Morgan fingerprint density at radius 3 is 3.10 bits per heavy atom. The predicted molar refractivity (Wildman–Crippen MR) is 76.5 cm³/mol. The van der Waals surface area contributed by atoms with Crippen molar-refractivity contribution >= 4 is 11.2 Å². The van der Waals surface area contributed by atoms with Gasteiger partial charge in [-0.1, -0.05) is 6.08 Å². The third kappa shape index (κ3) is 1.94. The summed E-state index contributed by atoms with van der Waals surface area (Å²) >= 11 is 0. The molecule has 0 aromatic carbocycles. The van der Waals surface area contributed by atoms with Crippen LogP contribution in [0.15, 0.2) is 24.7 Å². The molecule has 0 amide bonds. The first-order valence-electron chi connectivity index (χ1n) is 7.00. The topological polar surface area (TPSA) is 66.5 Å². The van der Waals surface area contributed by atoms with Crippen molar-refractivity contribution in [3.8, 4) is 6.07 Å². The summed E-state index contributed by atoms with van der Waals surface area (Å²) in [6.45, 7) is 1.52. The summed E-state index contributed by atoms with van der Waals surface area (Å²) in [6.07, 6.45) is 8.56. The number of ether oxygens (including phenoxy) is 1. The Balaban J connectivity index is 1.75. The summed E-state index contributed by atoms with van der Waals surface area (Å²) < 4.78 is 7.30. The standard InChI is InChI=1S/C15H15N5O/c1-19-13-2-10(3-14(19)9-21-8-13)12-5-17-15-11(4-16)6-18-20(15)7-12/h2,5-7,13-14H,3,8-9H2,1H3. The van der Waals surface area contributed by atoms with Gasteiger partial charge in [0.1, 0.15) is 11.6 Å². The van der Waals surface area contributed by atoms with E-state index in [0.29, 0.717) is 23.3 Å². The van der Waals surface area contributed by atoms with E-state index in [1.165, 1.54) is 5.57 Å². The van der Waals surface area contributed by atoms with Crippen molar-refractivity contribution in [3.05, 3.63) is 35.8 Å². The molecular weight excluding hydrogens is 266 g/mol. The zero-order chi connectivity index (χ0) is 14.4. The van der Waals surface area contributed by atoms with Gasteiger partial charge in [-0.25, -0.2) is 9.50 Å². The summed E-state index contributed by atoms with van der Waals surface area (Å²) in [4.78, 5) is 6.77. The van der Waals surface area contributed by atoms with Crippen LogP contribution in [0.2, 0.25) is 0 Å². The van der Waals surface area contributed by atoms with Gasteiger partial charge in [-0.15, -0.1) is 0 Å². The number of rotatable bonds is 1. The van der Waals surface area contributed by atoms with Gasteiger partial charge in [0, 0.05) is 24.0 Å². The van der Waals surface area contributed by atoms with Crippen LogP contribution in [-0.4, -0.2) is 51.8 Å². The van der Waals surface area contributed by atoms with Crippen LogP contribution in [0.5, 0.6) is 0 Å². The molecule has 2 aromatic heterocycles. The van der Waals surface area contributed by atoms with Gasteiger partial charge in [-0.3, -0.25) is 4.90 Å². The van der Waals surface area contributed by atoms with Crippen molar-refractivity contribution in [1.29, 1.82) is 5.26 Å². The molecule has 0 saturated carbocycles. The summed E-state index contributed by atoms with van der Waals surface area (Å²) in [6, 6.07) is 2.86. The van der Waals surface area contributed by atoms with E-state index < -0.39 is 0 Å². The Kier molecular flexibility index (Phi) is 2.77. The number of nitrogens with zero attached hydrogens (tertiary/aromatic N) is 5. The normalized spacial score (nSPS) is 25.6. The van der Waals surface area contributed by atoms with Crippen LogP contribution in [-0.2, 0) is 4.74 Å². The van der Waals surface area contributed by atoms with Gasteiger partial charge in [0.05, 0.1) is 25.5 Å². The van der Waals surface area contributed by atoms with E-state index in [1.54, 1.807) is 10.7 Å². The average molecular weight is 281 g/mol. The molecular formula is C15H15N5O. The lowest BCUT2D eigenvalue weighted by atomic mass is 9.91. The number of fused-ring (bicyclic) bond motifs is 3. The molecule has 0 spiro atoms. The minimum atomic E-state index is 0.329. The zero-order valence-electron chi connectivity index (χ0n) is 11.7. The molecule has 4 rings (SSSR count). The Bertz CT molecular complexity index is 772. The monoisotopic (exact) mass is 281 g/mol. The molecule has 1 saturated heterocycles. The molecule has 6 heteroatoms. The highest BCUT2D eigenvalue weighted by Crippen LogP contribution is 2.31. The molecule has 0 N–H and O–H groups in total. The number of hydrogen-bond acceptors (Lipinski definition) is 5. The number of aromatic nitrogens is 3. The second-order valence-electron chi connectivity index (χ2n) is 5.60. The van der Waals surface area contributed by atoms with E-state index in [-0.39, 0.29) is 0 Å². The number of likely N-dealkylation sites (N-methyl/N-ethyl adjacent to an activating group) is 1. The van der Waals surface area contributed by atoms with Gasteiger partial charge < -0.3 is 4.74 Å². The van der Waals surface area contributed by atoms with Gasteiger partial charge in [0.15, 0.2) is 5.65 Å². The third-order valence-electron chi connectivity index (χ3n) is 4.39. The molecule has 0 aliphatic carbocycles. The van der Waals surface area contributed by atoms with Crippen LogP contribution in [0.1, 0.15) is 17.5 Å². The van der Waals surface area contributed by atoms with E-state index in [9.17, 15) is 0 Å². The second-order valence-corrected chi connectivity index (χ2v) is 5.60. The average Bonchev–Trinajstić information content (AvgIpc) is 2.89. The summed E-state index contributed by atoms with van der Waals surface area (Å²) in [5.74, 6) is 0. The molecule has 2 aliphatic heterocycles. The zero-order valence-corrected chi connectivity index (χ0v) is 11.7. The molecule has 2 unspecified atom stereocenters. The first-order chi connectivity index (χ1) is 10.3. The molecule has 0 radical (unpaired) electrons. The predicted octanol–water partition coefficient (Wildman–Crippen LogP) is 1.09. The van der Waals surface area contributed by atoms with Crippen molar-refractivity contribution in [3.63, 3.8) is 0 Å². The van der Waals surface area contributed by atoms with Crippen LogP contribution >= 0.6 is 0 Å². The fourth-order valence-corrected chi connectivity index (χ4v) is 3.09. The van der Waals surface area contributed by atoms with Crippen molar-refractivity contribution in [1.82, 2.24) is 19.5 Å². The van der Waals surface area contributed by atoms with Gasteiger partial charge in [-0.05, 0) is 19.0 Å². The minimum Gasteiger partial charge on any atom is -0.378 e. The quantitative estimate of drug-likeness (QED) is 0.782. The van der Waals surface area contributed by atoms with Crippen molar-refractivity contribution in [2.75, 3.05) is 20.3 Å². The van der Waals surface area contributed by atoms with Crippen molar-refractivity contribution < 1.29 is 4.74 Å². The Hall–Kier alpha value is -2.23. The van der Waals surface area contributed by atoms with E-state index in [2.05, 4.69) is 34.2 Å². The first kappa shape index (κ1) is 12.5. The lowest BCUT2D eigenvalue weighted by Crippen LogP contribution is -2.51. The molecule has 21 heavy (non-hydrogen) atoms. The summed E-state index contributed by atoms with van der Waals surface area (Å²) in [7, 11) is 2.15. The van der Waals surface area contributed by atoms with E-state index in [1.807, 2.05) is 12.4 Å². The molecule has 2 aliphatic rings. The van der Waals surface area contributed by atoms with Gasteiger partial charge in [0.25, 0.3) is 0 Å². The molecule has 6 nitrogen and oxygen atoms in total. The molecule has 106 valence electrons. The van der Waals surface area contributed by atoms with E-state index in [0.717, 1.165) is 25.2 Å². The Morgan fingerprint density at radius 1 is 1.38 bits per heavy atom. The maximum atomic E-state index is 9.01. The Morgan fingerprint density at radius 2 is 2.29 bits per heavy atom. The van der Waals surface area contributed by atoms with Gasteiger partial charge in [-0.2, -0.15) is 10.4 Å². The molecule has 4 heterocycles. The smallest absolute Gasteiger partial charge is 0.172 e. The van der Waals surface area contributed by atoms with Crippen LogP contribution in [0.4, 0.5) is 0 Å². The van der Waals surface area contributed by atoms with Crippen LogP contribution < -0.4 is 0 Å². The van der Waals surface area contributed by atoms with Crippen molar-refractivity contribution in [2.24, 2.45) is 0 Å². The highest BCUT2D eigenvalue weighted by atomic mass is 16.5. The van der Waals surface area contributed by atoms with Crippen LogP contribution in [0, 0.1) is 11.3 Å². The molecule has 2 bridgehead atoms. The van der Waals surface area contributed by atoms with Gasteiger partial charge >= 0.3 is 0 Å².